The number of likely N-dealkylation sites (tertiary alicyclic amines) is 1. The third-order valence-corrected chi connectivity index (χ3v) is 3.47. The lowest BCUT2D eigenvalue weighted by molar-refractivity contribution is -0.120. The highest BCUT2D eigenvalue weighted by atomic mass is 16.3. The van der Waals surface area contributed by atoms with Gasteiger partial charge in [-0.1, -0.05) is 18.6 Å². The Balaban J connectivity index is 1.67. The van der Waals surface area contributed by atoms with E-state index in [0.717, 1.165) is 25.2 Å². The van der Waals surface area contributed by atoms with Crippen molar-refractivity contribution in [3.8, 4) is 5.75 Å². The smallest absolute Gasteiger partial charge is 0.224 e. The van der Waals surface area contributed by atoms with Gasteiger partial charge in [-0.05, 0) is 43.6 Å². The summed E-state index contributed by atoms with van der Waals surface area (Å²) in [5.74, 6) is 0.223. The number of hydrogen-bond acceptors (Lipinski definition) is 3. The minimum Gasteiger partial charge on any atom is -0.508 e. The van der Waals surface area contributed by atoms with Crippen LogP contribution in [0.15, 0.2) is 24.3 Å². The van der Waals surface area contributed by atoms with Gasteiger partial charge < -0.3 is 15.3 Å². The van der Waals surface area contributed by atoms with Crippen molar-refractivity contribution in [3.05, 3.63) is 29.8 Å². The Labute approximate surface area is 114 Å². The van der Waals surface area contributed by atoms with Gasteiger partial charge in [0.2, 0.25) is 5.91 Å². The third-order valence-electron chi connectivity index (χ3n) is 3.47. The van der Waals surface area contributed by atoms with Crippen molar-refractivity contribution in [2.75, 3.05) is 26.2 Å². The zero-order valence-corrected chi connectivity index (χ0v) is 11.3. The molecule has 2 N–H and O–H groups in total. The van der Waals surface area contributed by atoms with Crippen LogP contribution in [0.3, 0.4) is 0 Å². The maximum absolute atomic E-state index is 11.8. The lowest BCUT2D eigenvalue weighted by Gasteiger charge is -2.26. The highest BCUT2D eigenvalue weighted by Gasteiger charge is 2.10. The zero-order valence-electron chi connectivity index (χ0n) is 11.3. The molecule has 1 aromatic carbocycles. The predicted molar refractivity (Wildman–Crippen MR) is 75.1 cm³/mol. The topological polar surface area (TPSA) is 52.6 Å². The molecule has 1 aromatic rings. The van der Waals surface area contributed by atoms with E-state index in [1.807, 2.05) is 6.07 Å². The molecule has 1 heterocycles. The minimum atomic E-state index is 0.0163. The van der Waals surface area contributed by atoms with E-state index in [2.05, 4.69) is 10.2 Å². The van der Waals surface area contributed by atoms with E-state index in [1.54, 1.807) is 18.2 Å². The molecule has 0 spiro atoms. The summed E-state index contributed by atoms with van der Waals surface area (Å²) in [6, 6.07) is 6.84. The van der Waals surface area contributed by atoms with Crippen LogP contribution >= 0.6 is 0 Å². The van der Waals surface area contributed by atoms with E-state index < -0.39 is 0 Å². The molecule has 0 aliphatic carbocycles. The van der Waals surface area contributed by atoms with Gasteiger partial charge in [-0.2, -0.15) is 0 Å². The average Bonchev–Trinajstić information content (AvgIpc) is 2.40. The van der Waals surface area contributed by atoms with Crippen molar-refractivity contribution < 1.29 is 9.90 Å². The molecule has 0 radical (unpaired) electrons. The van der Waals surface area contributed by atoms with Crippen LogP contribution in [0.25, 0.3) is 0 Å². The van der Waals surface area contributed by atoms with Crippen LogP contribution in [0.1, 0.15) is 24.8 Å². The lowest BCUT2D eigenvalue weighted by Crippen LogP contribution is -2.38. The van der Waals surface area contributed by atoms with Crippen LogP contribution in [0.2, 0.25) is 0 Å². The van der Waals surface area contributed by atoms with Crippen molar-refractivity contribution in [1.29, 1.82) is 0 Å². The van der Waals surface area contributed by atoms with Gasteiger partial charge in [0.25, 0.3) is 0 Å². The SMILES string of the molecule is O=C(Cc1cccc(O)c1)NCCN1CCCCC1. The van der Waals surface area contributed by atoms with Crippen molar-refractivity contribution in [2.45, 2.75) is 25.7 Å². The second kappa shape index (κ2) is 7.14. The summed E-state index contributed by atoms with van der Waals surface area (Å²) in [5.41, 5.74) is 0.843. The average molecular weight is 262 g/mol. The number of aromatic hydroxyl groups is 1. The number of carbonyl (C=O) groups is 1. The van der Waals surface area contributed by atoms with Gasteiger partial charge in [0.1, 0.15) is 5.75 Å². The molecule has 1 fully saturated rings. The summed E-state index contributed by atoms with van der Waals surface area (Å²) in [5, 5.41) is 12.3. The first kappa shape index (κ1) is 13.9. The van der Waals surface area contributed by atoms with Gasteiger partial charge in [0, 0.05) is 13.1 Å². The van der Waals surface area contributed by atoms with E-state index in [9.17, 15) is 9.90 Å². The van der Waals surface area contributed by atoms with Gasteiger partial charge in [-0.15, -0.1) is 0 Å². The largest absolute Gasteiger partial charge is 0.508 e. The summed E-state index contributed by atoms with van der Waals surface area (Å²) in [7, 11) is 0. The van der Waals surface area contributed by atoms with Crippen molar-refractivity contribution in [1.82, 2.24) is 10.2 Å². The number of phenols is 1. The number of hydrogen-bond donors (Lipinski definition) is 2. The molecule has 1 aliphatic rings. The van der Waals surface area contributed by atoms with Crippen molar-refractivity contribution >= 4 is 5.91 Å². The molecule has 4 heteroatoms. The fourth-order valence-corrected chi connectivity index (χ4v) is 2.45. The molecule has 0 saturated carbocycles. The van der Waals surface area contributed by atoms with Crippen LogP contribution in [-0.4, -0.2) is 42.1 Å². The second-order valence-corrected chi connectivity index (χ2v) is 5.10. The first-order valence-corrected chi connectivity index (χ1v) is 7.01. The molecule has 0 unspecified atom stereocenters. The first-order valence-electron chi connectivity index (χ1n) is 7.01. The van der Waals surface area contributed by atoms with Gasteiger partial charge in [0.05, 0.1) is 6.42 Å². The number of benzene rings is 1. The number of nitrogens with one attached hydrogen (secondary N) is 1. The van der Waals surface area contributed by atoms with Crippen LogP contribution in [-0.2, 0) is 11.2 Å². The van der Waals surface area contributed by atoms with E-state index in [4.69, 9.17) is 0 Å². The molecular weight excluding hydrogens is 240 g/mol. The number of nitrogens with zero attached hydrogens (tertiary/aromatic N) is 1. The molecule has 0 bridgehead atoms. The highest BCUT2D eigenvalue weighted by Crippen LogP contribution is 2.11. The van der Waals surface area contributed by atoms with Crippen molar-refractivity contribution in [2.24, 2.45) is 0 Å². The standard InChI is InChI=1S/C15H22N2O2/c18-14-6-4-5-13(11-14)12-15(19)16-7-10-17-8-2-1-3-9-17/h4-6,11,18H,1-3,7-10,12H2,(H,16,19). The molecule has 1 aliphatic heterocycles. The quantitative estimate of drug-likeness (QED) is 0.846. The Morgan fingerprint density at radius 3 is 2.79 bits per heavy atom. The van der Waals surface area contributed by atoms with E-state index in [0.29, 0.717) is 13.0 Å². The monoisotopic (exact) mass is 262 g/mol. The summed E-state index contributed by atoms with van der Waals surface area (Å²) < 4.78 is 0. The summed E-state index contributed by atoms with van der Waals surface area (Å²) >= 11 is 0. The fourth-order valence-electron chi connectivity index (χ4n) is 2.45. The maximum atomic E-state index is 11.8. The molecule has 1 amide bonds. The Kier molecular flexibility index (Phi) is 5.21. The molecule has 104 valence electrons. The third kappa shape index (κ3) is 4.91. The van der Waals surface area contributed by atoms with Crippen LogP contribution in [0.5, 0.6) is 5.75 Å². The number of carbonyl (C=O) groups excluding carboxylic acids is 1. The van der Waals surface area contributed by atoms with Crippen molar-refractivity contribution in [3.63, 3.8) is 0 Å². The van der Waals surface area contributed by atoms with Gasteiger partial charge in [0.15, 0.2) is 0 Å². The summed E-state index contributed by atoms with van der Waals surface area (Å²) in [6.45, 7) is 3.95. The summed E-state index contributed by atoms with van der Waals surface area (Å²) in [4.78, 5) is 14.2. The van der Waals surface area contributed by atoms with Gasteiger partial charge >= 0.3 is 0 Å². The van der Waals surface area contributed by atoms with Gasteiger partial charge in [-0.25, -0.2) is 0 Å². The number of phenolic OH excluding ortho intramolecular Hbond substituents is 1. The molecule has 0 aromatic heterocycles. The molecular formula is C15H22N2O2. The minimum absolute atomic E-state index is 0.0163. The second-order valence-electron chi connectivity index (χ2n) is 5.10. The Morgan fingerprint density at radius 2 is 2.05 bits per heavy atom. The normalized spacial score (nSPS) is 16.2. The summed E-state index contributed by atoms with van der Waals surface area (Å²) in [6.07, 6.45) is 4.21. The number of rotatable bonds is 5. The Bertz CT molecular complexity index is 414. The lowest BCUT2D eigenvalue weighted by atomic mass is 10.1. The molecule has 19 heavy (non-hydrogen) atoms. The first-order chi connectivity index (χ1) is 9.24. The van der Waals surface area contributed by atoms with E-state index in [1.165, 1.54) is 19.3 Å². The van der Waals surface area contributed by atoms with Crippen LogP contribution < -0.4 is 5.32 Å². The van der Waals surface area contributed by atoms with Gasteiger partial charge in [-0.3, -0.25) is 4.79 Å². The zero-order chi connectivity index (χ0) is 13.5. The van der Waals surface area contributed by atoms with Crippen LogP contribution in [0.4, 0.5) is 0 Å². The predicted octanol–water partition coefficient (Wildman–Crippen LogP) is 1.54. The number of amides is 1. The highest BCUT2D eigenvalue weighted by molar-refractivity contribution is 5.78. The Hall–Kier alpha value is -1.55. The van der Waals surface area contributed by atoms with Crippen LogP contribution in [0, 0.1) is 0 Å². The molecule has 0 atom stereocenters. The van der Waals surface area contributed by atoms with E-state index >= 15 is 0 Å². The Morgan fingerprint density at radius 1 is 1.26 bits per heavy atom. The molecule has 2 rings (SSSR count). The molecule has 1 saturated heterocycles. The number of piperidine rings is 1. The molecule has 4 nitrogen and oxygen atoms in total. The fraction of sp³-hybridized carbons (Fsp3) is 0.533. The van der Waals surface area contributed by atoms with E-state index in [-0.39, 0.29) is 11.7 Å². The maximum Gasteiger partial charge on any atom is 0.224 e.